The van der Waals surface area contributed by atoms with Crippen molar-refractivity contribution in [2.24, 2.45) is 0 Å². The van der Waals surface area contributed by atoms with Gasteiger partial charge in [-0.1, -0.05) is 30.3 Å². The number of rotatable bonds is 3. The van der Waals surface area contributed by atoms with Gasteiger partial charge in [-0.15, -0.1) is 12.4 Å². The molecule has 1 aliphatic rings. The summed E-state index contributed by atoms with van der Waals surface area (Å²) in [5, 5.41) is 3.40. The van der Waals surface area contributed by atoms with E-state index in [1.54, 1.807) is 0 Å². The fraction of sp³-hybridized carbons (Fsp3) is 0.538. The molecule has 16 heavy (non-hydrogen) atoms. The van der Waals surface area contributed by atoms with Crippen LogP contribution in [0.2, 0.25) is 0 Å². The Morgan fingerprint density at radius 2 is 1.94 bits per heavy atom. The predicted octanol–water partition coefficient (Wildman–Crippen LogP) is 2.77. The van der Waals surface area contributed by atoms with E-state index in [1.807, 2.05) is 6.07 Å². The van der Waals surface area contributed by atoms with Crippen molar-refractivity contribution in [2.75, 3.05) is 13.1 Å². The van der Waals surface area contributed by atoms with Crippen molar-refractivity contribution in [3.05, 3.63) is 35.9 Å². The summed E-state index contributed by atoms with van der Waals surface area (Å²) >= 11 is 0. The van der Waals surface area contributed by atoms with Crippen LogP contribution in [0, 0.1) is 0 Å². The monoisotopic (exact) mass is 241 g/mol. The molecule has 0 spiro atoms. The third kappa shape index (κ3) is 4.52. The Balaban J connectivity index is 0.00000128. The molecule has 1 N–H and O–H groups in total. The van der Waals surface area contributed by atoms with E-state index >= 15 is 0 Å². The van der Waals surface area contributed by atoms with Crippen molar-refractivity contribution in [2.45, 2.75) is 32.0 Å². The first-order valence-corrected chi connectivity index (χ1v) is 5.81. The van der Waals surface area contributed by atoms with Crippen molar-refractivity contribution in [1.29, 1.82) is 0 Å². The molecule has 1 fully saturated rings. The zero-order valence-corrected chi connectivity index (χ0v) is 10.3. The minimum absolute atomic E-state index is 0. The van der Waals surface area contributed by atoms with Gasteiger partial charge in [-0.25, -0.2) is 0 Å². The second kappa shape index (κ2) is 7.66. The van der Waals surface area contributed by atoms with E-state index in [0.717, 1.165) is 26.1 Å². The zero-order valence-electron chi connectivity index (χ0n) is 9.52. The van der Waals surface area contributed by atoms with Crippen LogP contribution in [0.3, 0.4) is 0 Å². The van der Waals surface area contributed by atoms with Crippen LogP contribution in [0.1, 0.15) is 24.8 Å². The molecule has 2 rings (SSSR count). The average Bonchev–Trinajstić information content (AvgIpc) is 2.56. The summed E-state index contributed by atoms with van der Waals surface area (Å²) < 4.78 is 5.91. The summed E-state index contributed by atoms with van der Waals surface area (Å²) in [6, 6.07) is 10.4. The number of ether oxygens (including phenoxy) is 1. The second-order valence-electron chi connectivity index (χ2n) is 4.10. The molecular formula is C13H20ClNO. The predicted molar refractivity (Wildman–Crippen MR) is 69.0 cm³/mol. The molecule has 0 aliphatic carbocycles. The normalized spacial score (nSPS) is 20.9. The molecule has 0 radical (unpaired) electrons. The molecule has 0 amide bonds. The number of benzene rings is 1. The Bertz CT molecular complexity index is 271. The first-order valence-electron chi connectivity index (χ1n) is 5.81. The molecule has 1 saturated heterocycles. The van der Waals surface area contributed by atoms with E-state index in [-0.39, 0.29) is 12.4 Å². The summed E-state index contributed by atoms with van der Waals surface area (Å²) in [6.45, 7) is 3.00. The highest BCUT2D eigenvalue weighted by molar-refractivity contribution is 5.85. The molecule has 90 valence electrons. The quantitative estimate of drug-likeness (QED) is 0.879. The summed E-state index contributed by atoms with van der Waals surface area (Å²) in [5.74, 6) is 0. The highest BCUT2D eigenvalue weighted by atomic mass is 35.5. The SMILES string of the molecule is Cl.c1ccc(COC2CCCNCC2)cc1. The van der Waals surface area contributed by atoms with Crippen LogP contribution in [0.5, 0.6) is 0 Å². The maximum Gasteiger partial charge on any atom is 0.0720 e. The molecule has 1 aromatic carbocycles. The van der Waals surface area contributed by atoms with Crippen molar-refractivity contribution >= 4 is 12.4 Å². The van der Waals surface area contributed by atoms with Gasteiger partial charge in [-0.05, 0) is 37.9 Å². The summed E-state index contributed by atoms with van der Waals surface area (Å²) in [5.41, 5.74) is 1.27. The Kier molecular flexibility index (Phi) is 6.46. The lowest BCUT2D eigenvalue weighted by atomic mass is 10.1. The number of hydrogen-bond acceptors (Lipinski definition) is 2. The van der Waals surface area contributed by atoms with Gasteiger partial charge in [0.05, 0.1) is 12.7 Å². The molecule has 1 heterocycles. The van der Waals surface area contributed by atoms with E-state index < -0.39 is 0 Å². The van der Waals surface area contributed by atoms with E-state index in [2.05, 4.69) is 29.6 Å². The lowest BCUT2D eigenvalue weighted by molar-refractivity contribution is 0.0331. The van der Waals surface area contributed by atoms with Crippen molar-refractivity contribution in [3.8, 4) is 0 Å². The van der Waals surface area contributed by atoms with Crippen LogP contribution in [0.4, 0.5) is 0 Å². The lowest BCUT2D eigenvalue weighted by Gasteiger charge is -2.14. The van der Waals surface area contributed by atoms with Crippen LogP contribution >= 0.6 is 12.4 Å². The zero-order chi connectivity index (χ0) is 10.3. The van der Waals surface area contributed by atoms with Crippen molar-refractivity contribution < 1.29 is 4.74 Å². The Morgan fingerprint density at radius 1 is 1.12 bits per heavy atom. The van der Waals surface area contributed by atoms with Gasteiger partial charge in [0.15, 0.2) is 0 Å². The fourth-order valence-corrected chi connectivity index (χ4v) is 1.94. The molecule has 3 heteroatoms. The third-order valence-corrected chi connectivity index (χ3v) is 2.85. The smallest absolute Gasteiger partial charge is 0.0720 e. The van der Waals surface area contributed by atoms with Gasteiger partial charge in [-0.2, -0.15) is 0 Å². The summed E-state index contributed by atoms with van der Waals surface area (Å²) in [7, 11) is 0. The molecule has 1 atom stereocenters. The fourth-order valence-electron chi connectivity index (χ4n) is 1.94. The molecular weight excluding hydrogens is 222 g/mol. The Labute approximate surface area is 104 Å². The second-order valence-corrected chi connectivity index (χ2v) is 4.10. The van der Waals surface area contributed by atoms with Gasteiger partial charge in [0.1, 0.15) is 0 Å². The summed E-state index contributed by atoms with van der Waals surface area (Å²) in [4.78, 5) is 0. The summed E-state index contributed by atoms with van der Waals surface area (Å²) in [6.07, 6.45) is 4.02. The van der Waals surface area contributed by atoms with Gasteiger partial charge in [0, 0.05) is 0 Å². The Hall–Kier alpha value is -0.570. The van der Waals surface area contributed by atoms with E-state index in [1.165, 1.54) is 18.4 Å². The standard InChI is InChI=1S/C13H19NO.ClH/c1-2-5-12(6-3-1)11-15-13-7-4-9-14-10-8-13;/h1-3,5-6,13-14H,4,7-11H2;1H. The van der Waals surface area contributed by atoms with Crippen LogP contribution in [-0.2, 0) is 11.3 Å². The maximum atomic E-state index is 5.91. The molecule has 2 nitrogen and oxygen atoms in total. The highest BCUT2D eigenvalue weighted by Gasteiger charge is 2.11. The van der Waals surface area contributed by atoms with Crippen LogP contribution < -0.4 is 5.32 Å². The van der Waals surface area contributed by atoms with Gasteiger partial charge < -0.3 is 10.1 Å². The largest absolute Gasteiger partial charge is 0.373 e. The van der Waals surface area contributed by atoms with E-state index in [0.29, 0.717) is 6.10 Å². The highest BCUT2D eigenvalue weighted by Crippen LogP contribution is 2.12. The van der Waals surface area contributed by atoms with Crippen LogP contribution in [0.25, 0.3) is 0 Å². The molecule has 0 aromatic heterocycles. The van der Waals surface area contributed by atoms with E-state index in [9.17, 15) is 0 Å². The first-order chi connectivity index (χ1) is 7.45. The number of halogens is 1. The molecule has 1 aliphatic heterocycles. The average molecular weight is 242 g/mol. The molecule has 1 aromatic rings. The maximum absolute atomic E-state index is 5.91. The molecule has 0 bridgehead atoms. The van der Waals surface area contributed by atoms with Crippen LogP contribution in [0.15, 0.2) is 30.3 Å². The van der Waals surface area contributed by atoms with E-state index in [4.69, 9.17) is 4.74 Å². The number of hydrogen-bond donors (Lipinski definition) is 1. The minimum Gasteiger partial charge on any atom is -0.373 e. The van der Waals surface area contributed by atoms with Gasteiger partial charge >= 0.3 is 0 Å². The van der Waals surface area contributed by atoms with Gasteiger partial charge in [-0.3, -0.25) is 0 Å². The van der Waals surface area contributed by atoms with Crippen molar-refractivity contribution in [1.82, 2.24) is 5.32 Å². The minimum atomic E-state index is 0. The molecule has 1 unspecified atom stereocenters. The van der Waals surface area contributed by atoms with Gasteiger partial charge in [0.2, 0.25) is 0 Å². The molecule has 0 saturated carbocycles. The Morgan fingerprint density at radius 3 is 2.75 bits per heavy atom. The van der Waals surface area contributed by atoms with Crippen molar-refractivity contribution in [3.63, 3.8) is 0 Å². The lowest BCUT2D eigenvalue weighted by Crippen LogP contribution is -2.17. The first kappa shape index (κ1) is 13.5. The third-order valence-electron chi connectivity index (χ3n) is 2.85. The topological polar surface area (TPSA) is 21.3 Å². The van der Waals surface area contributed by atoms with Gasteiger partial charge in [0.25, 0.3) is 0 Å². The number of nitrogens with one attached hydrogen (secondary N) is 1. The van der Waals surface area contributed by atoms with Crippen LogP contribution in [-0.4, -0.2) is 19.2 Å².